The van der Waals surface area contributed by atoms with Gasteiger partial charge in [-0.2, -0.15) is 0 Å². The number of hydrogen-bond donors (Lipinski definition) is 0. The van der Waals surface area contributed by atoms with E-state index in [9.17, 15) is 4.79 Å². The van der Waals surface area contributed by atoms with E-state index >= 15 is 0 Å². The molecule has 0 aliphatic heterocycles. The van der Waals surface area contributed by atoms with Crippen molar-refractivity contribution in [2.75, 3.05) is 0 Å². The fourth-order valence-electron chi connectivity index (χ4n) is 2.47. The van der Waals surface area contributed by atoms with Crippen molar-refractivity contribution in [1.82, 2.24) is 9.88 Å². The van der Waals surface area contributed by atoms with Crippen LogP contribution < -0.4 is 4.74 Å². The van der Waals surface area contributed by atoms with Gasteiger partial charge in [-0.25, -0.2) is 4.98 Å². The fourth-order valence-corrected chi connectivity index (χ4v) is 3.35. The lowest BCUT2D eigenvalue weighted by Crippen LogP contribution is -2.35. The zero-order valence-corrected chi connectivity index (χ0v) is 15.4. The molecule has 1 aromatic carbocycles. The van der Waals surface area contributed by atoms with Crippen LogP contribution in [0.5, 0.6) is 5.75 Å². The average molecular weight is 365 g/mol. The number of benzene rings is 1. The molecule has 0 radical (unpaired) electrons. The van der Waals surface area contributed by atoms with E-state index in [-0.39, 0.29) is 11.8 Å². The summed E-state index contributed by atoms with van der Waals surface area (Å²) in [5.74, 6) is 0.964. The monoisotopic (exact) mass is 364 g/mol. The summed E-state index contributed by atoms with van der Waals surface area (Å²) in [6, 6.07) is 7.72. The second kappa shape index (κ2) is 7.53. The molecule has 1 saturated carbocycles. The Morgan fingerprint density at radius 2 is 2.25 bits per heavy atom. The summed E-state index contributed by atoms with van der Waals surface area (Å²) < 4.78 is 5.72. The van der Waals surface area contributed by atoms with Gasteiger partial charge < -0.3 is 9.64 Å². The first-order valence-electron chi connectivity index (χ1n) is 8.15. The molecule has 1 heterocycles. The molecule has 0 bridgehead atoms. The highest BCUT2D eigenvalue weighted by Gasteiger charge is 2.33. The Morgan fingerprint density at radius 3 is 2.92 bits per heavy atom. The van der Waals surface area contributed by atoms with Crippen LogP contribution in [-0.4, -0.2) is 21.8 Å². The van der Waals surface area contributed by atoms with Crippen LogP contribution in [-0.2, 0) is 17.9 Å². The molecule has 0 unspecified atom stereocenters. The van der Waals surface area contributed by atoms with Crippen molar-refractivity contribution in [2.45, 2.75) is 45.9 Å². The zero-order valence-electron chi connectivity index (χ0n) is 13.9. The number of thiazole rings is 1. The minimum Gasteiger partial charge on any atom is -0.486 e. The number of rotatable bonds is 7. The molecule has 0 spiro atoms. The van der Waals surface area contributed by atoms with E-state index in [2.05, 4.69) is 4.98 Å². The summed E-state index contributed by atoms with van der Waals surface area (Å²) in [6.07, 6.45) is 2.21. The van der Waals surface area contributed by atoms with E-state index in [1.165, 1.54) is 0 Å². The lowest BCUT2D eigenvalue weighted by molar-refractivity contribution is -0.135. The number of halogens is 1. The largest absolute Gasteiger partial charge is 0.486 e. The number of nitrogens with zero attached hydrogens (tertiary/aromatic N) is 2. The second-order valence-corrected chi connectivity index (χ2v) is 7.71. The van der Waals surface area contributed by atoms with Gasteiger partial charge in [0.05, 0.1) is 12.2 Å². The normalized spacial score (nSPS) is 14.0. The summed E-state index contributed by atoms with van der Waals surface area (Å²) in [7, 11) is 0. The van der Waals surface area contributed by atoms with Gasteiger partial charge in [0.25, 0.3) is 0 Å². The van der Waals surface area contributed by atoms with Crippen LogP contribution in [0.1, 0.15) is 37.4 Å². The maximum atomic E-state index is 12.3. The minimum absolute atomic E-state index is 0.0230. The fraction of sp³-hybridized carbons (Fsp3) is 0.444. The van der Waals surface area contributed by atoms with Crippen LogP contribution >= 0.6 is 22.9 Å². The summed E-state index contributed by atoms with van der Waals surface area (Å²) in [6.45, 7) is 4.90. The lowest BCUT2D eigenvalue weighted by atomic mass is 10.2. The summed E-state index contributed by atoms with van der Waals surface area (Å²) in [5.41, 5.74) is 0.936. The molecule has 6 heteroatoms. The number of amides is 1. The number of aromatic nitrogens is 1. The van der Waals surface area contributed by atoms with Gasteiger partial charge in [0.15, 0.2) is 0 Å². The third kappa shape index (κ3) is 4.48. The smallest absolute Gasteiger partial charge is 0.225 e. The topological polar surface area (TPSA) is 42.4 Å². The molecule has 4 nitrogen and oxygen atoms in total. The van der Waals surface area contributed by atoms with E-state index in [1.54, 1.807) is 17.4 Å². The maximum absolute atomic E-state index is 12.3. The Balaban J connectivity index is 1.59. The Bertz CT molecular complexity index is 713. The quantitative estimate of drug-likeness (QED) is 0.725. The van der Waals surface area contributed by atoms with E-state index in [4.69, 9.17) is 16.3 Å². The lowest BCUT2D eigenvalue weighted by Gasteiger charge is -2.23. The van der Waals surface area contributed by atoms with Gasteiger partial charge >= 0.3 is 0 Å². The van der Waals surface area contributed by atoms with Crippen molar-refractivity contribution in [3.8, 4) is 5.75 Å². The molecule has 2 aromatic rings. The molecule has 0 atom stereocenters. The third-order valence-corrected chi connectivity index (χ3v) is 4.96. The molecule has 0 saturated heterocycles. The molecule has 1 amide bonds. The van der Waals surface area contributed by atoms with E-state index in [0.29, 0.717) is 24.2 Å². The summed E-state index contributed by atoms with van der Waals surface area (Å²) >= 11 is 7.51. The van der Waals surface area contributed by atoms with Crippen molar-refractivity contribution in [3.63, 3.8) is 0 Å². The predicted molar refractivity (Wildman–Crippen MR) is 96.3 cm³/mol. The Hall–Kier alpha value is -1.59. The molecular formula is C18H21ClN2O2S. The van der Waals surface area contributed by atoms with Gasteiger partial charge in [-0.15, -0.1) is 11.3 Å². The highest BCUT2D eigenvalue weighted by molar-refractivity contribution is 7.09. The molecule has 1 fully saturated rings. The summed E-state index contributed by atoms with van der Waals surface area (Å²) in [5, 5.41) is 3.57. The SMILES string of the molecule is CC(C)C(=O)N(Cc1csc(COc2cccc(Cl)c2)n1)C1CC1. The van der Waals surface area contributed by atoms with E-state index < -0.39 is 0 Å². The van der Waals surface area contributed by atoms with Gasteiger partial charge in [-0.1, -0.05) is 31.5 Å². The Kier molecular flexibility index (Phi) is 5.41. The molecule has 1 aromatic heterocycles. The first-order valence-corrected chi connectivity index (χ1v) is 9.41. The molecule has 1 aliphatic rings. The van der Waals surface area contributed by atoms with Gasteiger partial charge in [-0.05, 0) is 31.0 Å². The molecule has 0 N–H and O–H groups in total. The zero-order chi connectivity index (χ0) is 17.1. The second-order valence-electron chi connectivity index (χ2n) is 6.33. The average Bonchev–Trinajstić information content (AvgIpc) is 3.29. The third-order valence-electron chi connectivity index (χ3n) is 3.85. The number of hydrogen-bond acceptors (Lipinski definition) is 4. The van der Waals surface area contributed by atoms with Gasteiger partial charge in [-0.3, -0.25) is 4.79 Å². The van der Waals surface area contributed by atoms with Gasteiger partial charge in [0.2, 0.25) is 5.91 Å². The molecular weight excluding hydrogens is 344 g/mol. The van der Waals surface area contributed by atoms with Gasteiger partial charge in [0.1, 0.15) is 17.4 Å². The standard InChI is InChI=1S/C18H21ClN2O2S/c1-12(2)18(22)21(15-6-7-15)9-14-11-24-17(20-14)10-23-16-5-3-4-13(19)8-16/h3-5,8,11-12,15H,6-7,9-10H2,1-2H3. The molecule has 3 rings (SSSR count). The maximum Gasteiger partial charge on any atom is 0.225 e. The first kappa shape index (κ1) is 17.2. The molecule has 128 valence electrons. The highest BCUT2D eigenvalue weighted by Crippen LogP contribution is 2.30. The van der Waals surface area contributed by atoms with Crippen molar-refractivity contribution in [3.05, 3.63) is 45.4 Å². The van der Waals surface area contributed by atoms with Crippen molar-refractivity contribution in [1.29, 1.82) is 0 Å². The number of carbonyl (C=O) groups excluding carboxylic acids is 1. The summed E-state index contributed by atoms with van der Waals surface area (Å²) in [4.78, 5) is 18.9. The van der Waals surface area contributed by atoms with Crippen LogP contribution in [0.25, 0.3) is 0 Å². The Morgan fingerprint density at radius 1 is 1.46 bits per heavy atom. The van der Waals surface area contributed by atoms with E-state index in [0.717, 1.165) is 29.3 Å². The molecule has 1 aliphatic carbocycles. The van der Waals surface area contributed by atoms with Crippen molar-refractivity contribution >= 4 is 28.8 Å². The van der Waals surface area contributed by atoms with Gasteiger partial charge in [0, 0.05) is 22.4 Å². The first-order chi connectivity index (χ1) is 11.5. The Labute approximate surface area is 151 Å². The van der Waals surface area contributed by atoms with Crippen LogP contribution in [0.4, 0.5) is 0 Å². The molecule has 24 heavy (non-hydrogen) atoms. The van der Waals surface area contributed by atoms with Crippen LogP contribution in [0.2, 0.25) is 5.02 Å². The van der Waals surface area contributed by atoms with Crippen LogP contribution in [0.3, 0.4) is 0 Å². The van der Waals surface area contributed by atoms with Crippen LogP contribution in [0.15, 0.2) is 29.6 Å². The van der Waals surface area contributed by atoms with E-state index in [1.807, 2.05) is 42.3 Å². The van der Waals surface area contributed by atoms with Crippen molar-refractivity contribution in [2.24, 2.45) is 5.92 Å². The number of ether oxygens (including phenoxy) is 1. The predicted octanol–water partition coefficient (Wildman–Crippen LogP) is 4.52. The number of carbonyl (C=O) groups is 1. The minimum atomic E-state index is 0.0230. The highest BCUT2D eigenvalue weighted by atomic mass is 35.5. The van der Waals surface area contributed by atoms with Crippen molar-refractivity contribution < 1.29 is 9.53 Å². The van der Waals surface area contributed by atoms with Crippen LogP contribution in [0, 0.1) is 5.92 Å².